The number of amides is 1. The van der Waals surface area contributed by atoms with Gasteiger partial charge in [0.05, 0.1) is 0 Å². The number of nitrogen functional groups attached to an aromatic ring is 1. The van der Waals surface area contributed by atoms with Crippen LogP contribution in [0, 0.1) is 5.41 Å². The van der Waals surface area contributed by atoms with Crippen LogP contribution in [-0.4, -0.2) is 19.2 Å². The Hall–Kier alpha value is -2.33. The number of carbonyl (C=O) groups excluding carboxylic acids is 1. The molecule has 0 saturated heterocycles. The highest BCUT2D eigenvalue weighted by molar-refractivity contribution is 6.31. The van der Waals surface area contributed by atoms with Crippen LogP contribution in [-0.2, 0) is 0 Å². The second kappa shape index (κ2) is 5.75. The van der Waals surface area contributed by atoms with Crippen molar-refractivity contribution in [2.45, 2.75) is 0 Å². The molecule has 0 radical (unpaired) electrons. The van der Waals surface area contributed by atoms with Crippen LogP contribution in [0.25, 0.3) is 11.1 Å². The zero-order valence-electron chi connectivity index (χ0n) is 10.9. The average molecular weight is 288 g/mol. The Kier molecular flexibility index (Phi) is 4.05. The molecule has 0 spiro atoms. The van der Waals surface area contributed by atoms with Gasteiger partial charge in [-0.3, -0.25) is 4.79 Å². The summed E-state index contributed by atoms with van der Waals surface area (Å²) >= 11 is 6.01. The first kappa shape index (κ1) is 14.1. The predicted molar refractivity (Wildman–Crippen MR) is 82.6 cm³/mol. The van der Waals surface area contributed by atoms with Gasteiger partial charge in [0.1, 0.15) is 0 Å². The number of nitrogens with two attached hydrogens (primary N) is 1. The summed E-state index contributed by atoms with van der Waals surface area (Å²) in [5.74, 6) is -0.144. The lowest BCUT2D eigenvalue weighted by Gasteiger charge is -2.10. The zero-order chi connectivity index (χ0) is 14.7. The number of rotatable bonds is 3. The van der Waals surface area contributed by atoms with Gasteiger partial charge >= 0.3 is 0 Å². The Labute approximate surface area is 122 Å². The fourth-order valence-electron chi connectivity index (χ4n) is 1.98. The molecule has 0 unspecified atom stereocenters. The van der Waals surface area contributed by atoms with Gasteiger partial charge in [-0.25, -0.2) is 0 Å². The summed E-state index contributed by atoms with van der Waals surface area (Å²) in [5, 5.41) is 10.6. The van der Waals surface area contributed by atoms with E-state index in [4.69, 9.17) is 22.7 Å². The predicted octanol–water partition coefficient (Wildman–Crippen LogP) is 2.95. The summed E-state index contributed by atoms with van der Waals surface area (Å²) in [4.78, 5) is 11.5. The van der Waals surface area contributed by atoms with Crippen LogP contribution in [0.3, 0.4) is 0 Å². The van der Waals surface area contributed by atoms with Gasteiger partial charge in [0.2, 0.25) is 0 Å². The molecule has 0 fully saturated rings. The standard InChI is InChI=1S/C15H14ClN3O/c1-19-15(20)10-4-2-9(3-5-10)12-6-11(16)7-14(18)13(12)8-17/h2-8,17H,18H2,1H3,(H,19,20). The quantitative estimate of drug-likeness (QED) is 0.599. The first-order valence-electron chi connectivity index (χ1n) is 5.99. The molecule has 0 heterocycles. The molecule has 2 aromatic rings. The second-order valence-electron chi connectivity index (χ2n) is 4.26. The highest BCUT2D eigenvalue weighted by Crippen LogP contribution is 2.30. The van der Waals surface area contributed by atoms with Crippen molar-refractivity contribution in [3.63, 3.8) is 0 Å². The lowest BCUT2D eigenvalue weighted by atomic mass is 9.98. The maximum atomic E-state index is 11.5. The largest absolute Gasteiger partial charge is 0.398 e. The number of hydrogen-bond donors (Lipinski definition) is 3. The van der Waals surface area contributed by atoms with Crippen molar-refractivity contribution in [3.8, 4) is 11.1 Å². The molecule has 2 aromatic carbocycles. The second-order valence-corrected chi connectivity index (χ2v) is 4.69. The third-order valence-electron chi connectivity index (χ3n) is 3.01. The van der Waals surface area contributed by atoms with Crippen molar-refractivity contribution in [3.05, 3.63) is 52.5 Å². The minimum Gasteiger partial charge on any atom is -0.398 e. The molecule has 102 valence electrons. The number of nitrogens with one attached hydrogen (secondary N) is 2. The molecule has 0 aliphatic rings. The minimum absolute atomic E-state index is 0.144. The first-order valence-corrected chi connectivity index (χ1v) is 6.36. The van der Waals surface area contributed by atoms with Crippen molar-refractivity contribution >= 4 is 29.4 Å². The van der Waals surface area contributed by atoms with E-state index in [1.165, 1.54) is 6.21 Å². The molecule has 0 aliphatic heterocycles. The minimum atomic E-state index is -0.144. The molecule has 0 bridgehead atoms. The third-order valence-corrected chi connectivity index (χ3v) is 3.22. The number of hydrogen-bond acceptors (Lipinski definition) is 3. The van der Waals surface area contributed by atoms with Gasteiger partial charge in [-0.1, -0.05) is 23.7 Å². The van der Waals surface area contributed by atoms with Gasteiger partial charge in [0.25, 0.3) is 5.91 Å². The van der Waals surface area contributed by atoms with E-state index in [0.717, 1.165) is 11.1 Å². The number of halogens is 1. The van der Waals surface area contributed by atoms with Crippen molar-refractivity contribution in [2.24, 2.45) is 0 Å². The molecule has 0 saturated carbocycles. The maximum Gasteiger partial charge on any atom is 0.251 e. The number of anilines is 1. The van der Waals surface area contributed by atoms with E-state index >= 15 is 0 Å². The van der Waals surface area contributed by atoms with E-state index in [2.05, 4.69) is 5.32 Å². The van der Waals surface area contributed by atoms with Crippen LogP contribution < -0.4 is 11.1 Å². The molecule has 0 aliphatic carbocycles. The smallest absolute Gasteiger partial charge is 0.251 e. The molecule has 20 heavy (non-hydrogen) atoms. The van der Waals surface area contributed by atoms with Crippen LogP contribution in [0.15, 0.2) is 36.4 Å². The lowest BCUT2D eigenvalue weighted by Crippen LogP contribution is -2.17. The Bertz CT molecular complexity index is 666. The fourth-order valence-corrected chi connectivity index (χ4v) is 2.21. The number of benzene rings is 2. The van der Waals surface area contributed by atoms with Crippen molar-refractivity contribution in [1.82, 2.24) is 5.32 Å². The van der Waals surface area contributed by atoms with Gasteiger partial charge < -0.3 is 16.5 Å². The normalized spacial score (nSPS) is 10.1. The van der Waals surface area contributed by atoms with E-state index in [1.807, 2.05) is 12.1 Å². The molecular formula is C15H14ClN3O. The Morgan fingerprint density at radius 3 is 2.50 bits per heavy atom. The van der Waals surface area contributed by atoms with Gasteiger partial charge in [0.15, 0.2) is 0 Å². The molecule has 5 heteroatoms. The zero-order valence-corrected chi connectivity index (χ0v) is 11.7. The van der Waals surface area contributed by atoms with E-state index < -0.39 is 0 Å². The number of carbonyl (C=O) groups is 1. The maximum absolute atomic E-state index is 11.5. The van der Waals surface area contributed by atoms with Crippen LogP contribution in [0.1, 0.15) is 15.9 Å². The van der Waals surface area contributed by atoms with Gasteiger partial charge in [0, 0.05) is 35.1 Å². The van der Waals surface area contributed by atoms with E-state index in [-0.39, 0.29) is 5.91 Å². The monoisotopic (exact) mass is 287 g/mol. The van der Waals surface area contributed by atoms with Gasteiger partial charge in [-0.2, -0.15) is 0 Å². The third kappa shape index (κ3) is 2.65. The van der Waals surface area contributed by atoms with Crippen molar-refractivity contribution in [1.29, 1.82) is 5.41 Å². The van der Waals surface area contributed by atoms with Crippen molar-refractivity contribution in [2.75, 3.05) is 12.8 Å². The fraction of sp³-hybridized carbons (Fsp3) is 0.0667. The Morgan fingerprint density at radius 1 is 1.30 bits per heavy atom. The summed E-state index contributed by atoms with van der Waals surface area (Å²) in [6.45, 7) is 0. The molecule has 0 aromatic heterocycles. The Morgan fingerprint density at radius 2 is 1.95 bits per heavy atom. The van der Waals surface area contributed by atoms with Crippen LogP contribution in [0.5, 0.6) is 0 Å². The molecule has 0 atom stereocenters. The molecule has 2 rings (SSSR count). The Balaban J connectivity index is 2.51. The topological polar surface area (TPSA) is 79.0 Å². The van der Waals surface area contributed by atoms with Crippen molar-refractivity contribution < 1.29 is 4.79 Å². The first-order chi connectivity index (χ1) is 9.56. The summed E-state index contributed by atoms with van der Waals surface area (Å²) in [7, 11) is 1.58. The molecule has 1 amide bonds. The summed E-state index contributed by atoms with van der Waals surface area (Å²) in [6, 6.07) is 10.4. The van der Waals surface area contributed by atoms with Crippen LogP contribution in [0.2, 0.25) is 5.02 Å². The molecule has 4 nitrogen and oxygen atoms in total. The summed E-state index contributed by atoms with van der Waals surface area (Å²) in [6.07, 6.45) is 1.20. The average Bonchev–Trinajstić information content (AvgIpc) is 2.46. The highest BCUT2D eigenvalue weighted by atomic mass is 35.5. The van der Waals surface area contributed by atoms with Gasteiger partial charge in [-0.05, 0) is 35.4 Å². The van der Waals surface area contributed by atoms with Gasteiger partial charge in [-0.15, -0.1) is 0 Å². The van der Waals surface area contributed by atoms with Crippen LogP contribution in [0.4, 0.5) is 5.69 Å². The van der Waals surface area contributed by atoms with E-state index in [1.54, 1.807) is 31.3 Å². The molecular weight excluding hydrogens is 274 g/mol. The van der Waals surface area contributed by atoms with Crippen LogP contribution >= 0.6 is 11.6 Å². The lowest BCUT2D eigenvalue weighted by molar-refractivity contribution is 0.0963. The highest BCUT2D eigenvalue weighted by Gasteiger charge is 2.10. The SMILES string of the molecule is CNC(=O)c1ccc(-c2cc(Cl)cc(N)c2C=N)cc1. The molecule has 4 N–H and O–H groups in total. The summed E-state index contributed by atoms with van der Waals surface area (Å²) in [5.41, 5.74) is 9.14. The van der Waals surface area contributed by atoms with E-state index in [9.17, 15) is 4.79 Å². The summed E-state index contributed by atoms with van der Waals surface area (Å²) < 4.78 is 0. The van der Waals surface area contributed by atoms with E-state index in [0.29, 0.717) is 21.8 Å².